The lowest BCUT2D eigenvalue weighted by Gasteiger charge is -2.07. The van der Waals surface area contributed by atoms with Gasteiger partial charge in [0.05, 0.1) is 16.1 Å². The van der Waals surface area contributed by atoms with Crippen LogP contribution in [-0.2, 0) is 0 Å². The lowest BCUT2D eigenvalue weighted by atomic mass is 10.1. The number of carbonyl (C=O) groups excluding carboxylic acids is 1. The van der Waals surface area contributed by atoms with E-state index >= 15 is 0 Å². The third kappa shape index (κ3) is 3.30. The first-order valence-electron chi connectivity index (χ1n) is 8.02. The standard InChI is InChI=1S/C21H16N2OS/c1-14-4-10-19-16(13-14)7-11-18(23-19)15-5-8-17(9-6-15)22-21(24)20-3-2-12-25-20/h2-13H,1H3,(H,22,24). The Labute approximate surface area is 150 Å². The summed E-state index contributed by atoms with van der Waals surface area (Å²) in [5.41, 5.74) is 4.94. The van der Waals surface area contributed by atoms with E-state index in [0.29, 0.717) is 4.88 Å². The first-order chi connectivity index (χ1) is 12.2. The summed E-state index contributed by atoms with van der Waals surface area (Å²) in [6.45, 7) is 2.08. The van der Waals surface area contributed by atoms with Crippen LogP contribution >= 0.6 is 11.3 Å². The second-order valence-electron chi connectivity index (χ2n) is 5.90. The van der Waals surface area contributed by atoms with Crippen molar-refractivity contribution in [2.45, 2.75) is 6.92 Å². The Morgan fingerprint density at radius 1 is 1.00 bits per heavy atom. The number of amides is 1. The molecule has 3 nitrogen and oxygen atoms in total. The molecule has 2 heterocycles. The smallest absolute Gasteiger partial charge is 0.265 e. The molecule has 122 valence electrons. The maximum Gasteiger partial charge on any atom is 0.265 e. The molecule has 0 saturated heterocycles. The summed E-state index contributed by atoms with van der Waals surface area (Å²) >= 11 is 1.43. The van der Waals surface area contributed by atoms with Gasteiger partial charge in [0.1, 0.15) is 0 Å². The van der Waals surface area contributed by atoms with Crippen molar-refractivity contribution in [3.05, 3.63) is 82.6 Å². The number of hydrogen-bond acceptors (Lipinski definition) is 3. The van der Waals surface area contributed by atoms with Gasteiger partial charge in [0.2, 0.25) is 0 Å². The zero-order chi connectivity index (χ0) is 17.2. The summed E-state index contributed by atoms with van der Waals surface area (Å²) in [4.78, 5) is 17.5. The molecule has 0 bridgehead atoms. The van der Waals surface area contributed by atoms with E-state index in [1.54, 1.807) is 0 Å². The SMILES string of the molecule is Cc1ccc2nc(-c3ccc(NC(=O)c4cccs4)cc3)ccc2c1. The van der Waals surface area contributed by atoms with Crippen LogP contribution in [0.2, 0.25) is 0 Å². The maximum atomic E-state index is 12.1. The molecule has 0 saturated carbocycles. The Balaban J connectivity index is 1.57. The van der Waals surface area contributed by atoms with Gasteiger partial charge in [-0.15, -0.1) is 11.3 Å². The fourth-order valence-corrected chi connectivity index (χ4v) is 3.35. The van der Waals surface area contributed by atoms with Gasteiger partial charge in [-0.05, 0) is 48.7 Å². The number of anilines is 1. The molecular formula is C21H16N2OS. The van der Waals surface area contributed by atoms with E-state index in [1.165, 1.54) is 16.9 Å². The molecule has 0 fully saturated rings. The van der Waals surface area contributed by atoms with Gasteiger partial charge in [-0.25, -0.2) is 4.98 Å². The van der Waals surface area contributed by atoms with Crippen LogP contribution in [0.5, 0.6) is 0 Å². The van der Waals surface area contributed by atoms with Gasteiger partial charge in [0.25, 0.3) is 5.91 Å². The van der Waals surface area contributed by atoms with Gasteiger partial charge >= 0.3 is 0 Å². The van der Waals surface area contributed by atoms with Gasteiger partial charge < -0.3 is 5.32 Å². The average molecular weight is 344 g/mol. The molecule has 4 heteroatoms. The average Bonchev–Trinajstić information content (AvgIpc) is 3.17. The molecule has 2 aromatic carbocycles. The van der Waals surface area contributed by atoms with Crippen molar-refractivity contribution >= 4 is 33.8 Å². The van der Waals surface area contributed by atoms with Crippen LogP contribution in [0.15, 0.2) is 72.1 Å². The number of carbonyl (C=O) groups is 1. The van der Waals surface area contributed by atoms with Gasteiger partial charge in [-0.1, -0.05) is 35.9 Å². The minimum absolute atomic E-state index is 0.0815. The van der Waals surface area contributed by atoms with E-state index in [2.05, 4.69) is 30.4 Å². The van der Waals surface area contributed by atoms with Crippen LogP contribution in [0.4, 0.5) is 5.69 Å². The summed E-state index contributed by atoms with van der Waals surface area (Å²) in [6, 6.07) is 21.8. The Bertz CT molecular complexity index is 1040. The quantitative estimate of drug-likeness (QED) is 0.531. The van der Waals surface area contributed by atoms with E-state index in [4.69, 9.17) is 4.98 Å². The minimum Gasteiger partial charge on any atom is -0.321 e. The Morgan fingerprint density at radius 3 is 2.60 bits per heavy atom. The molecule has 1 N–H and O–H groups in total. The Morgan fingerprint density at radius 2 is 1.84 bits per heavy atom. The molecule has 25 heavy (non-hydrogen) atoms. The molecule has 0 aliphatic carbocycles. The van der Waals surface area contributed by atoms with Crippen LogP contribution in [0.25, 0.3) is 22.2 Å². The first kappa shape index (κ1) is 15.5. The third-order valence-electron chi connectivity index (χ3n) is 4.03. The molecule has 1 amide bonds. The van der Waals surface area contributed by atoms with Crippen molar-refractivity contribution in [2.75, 3.05) is 5.32 Å². The molecule has 2 aromatic heterocycles. The summed E-state index contributed by atoms with van der Waals surface area (Å²) in [5.74, 6) is -0.0815. The van der Waals surface area contributed by atoms with Crippen molar-refractivity contribution in [2.24, 2.45) is 0 Å². The highest BCUT2D eigenvalue weighted by atomic mass is 32.1. The van der Waals surface area contributed by atoms with Crippen LogP contribution in [0.3, 0.4) is 0 Å². The summed E-state index contributed by atoms with van der Waals surface area (Å²) in [5, 5.41) is 5.95. The number of pyridine rings is 1. The number of nitrogens with zero attached hydrogens (tertiary/aromatic N) is 1. The highest BCUT2D eigenvalue weighted by Gasteiger charge is 2.07. The van der Waals surface area contributed by atoms with E-state index in [1.807, 2.05) is 53.9 Å². The van der Waals surface area contributed by atoms with Gasteiger partial charge in [0, 0.05) is 16.6 Å². The molecule has 0 spiro atoms. The number of fused-ring (bicyclic) bond motifs is 1. The van der Waals surface area contributed by atoms with Gasteiger partial charge in [-0.3, -0.25) is 4.79 Å². The zero-order valence-corrected chi connectivity index (χ0v) is 14.5. The predicted molar refractivity (Wildman–Crippen MR) is 104 cm³/mol. The number of benzene rings is 2. The molecule has 0 aliphatic rings. The van der Waals surface area contributed by atoms with E-state index in [9.17, 15) is 4.79 Å². The van der Waals surface area contributed by atoms with Crippen LogP contribution in [0, 0.1) is 6.92 Å². The molecule has 4 rings (SSSR count). The second kappa shape index (κ2) is 6.49. The molecule has 0 aliphatic heterocycles. The minimum atomic E-state index is -0.0815. The fraction of sp³-hybridized carbons (Fsp3) is 0.0476. The van der Waals surface area contributed by atoms with Crippen molar-refractivity contribution in [3.63, 3.8) is 0 Å². The zero-order valence-electron chi connectivity index (χ0n) is 13.7. The Kier molecular flexibility index (Phi) is 4.04. The third-order valence-corrected chi connectivity index (χ3v) is 4.90. The topological polar surface area (TPSA) is 42.0 Å². The highest BCUT2D eigenvalue weighted by Crippen LogP contribution is 2.23. The summed E-state index contributed by atoms with van der Waals surface area (Å²) in [7, 11) is 0. The number of hydrogen-bond donors (Lipinski definition) is 1. The van der Waals surface area contributed by atoms with E-state index < -0.39 is 0 Å². The van der Waals surface area contributed by atoms with Gasteiger partial charge in [-0.2, -0.15) is 0 Å². The van der Waals surface area contributed by atoms with Crippen LogP contribution < -0.4 is 5.32 Å². The fourth-order valence-electron chi connectivity index (χ4n) is 2.73. The van der Waals surface area contributed by atoms with Gasteiger partial charge in [0.15, 0.2) is 0 Å². The number of rotatable bonds is 3. The maximum absolute atomic E-state index is 12.1. The molecular weight excluding hydrogens is 328 g/mol. The largest absolute Gasteiger partial charge is 0.321 e. The van der Waals surface area contributed by atoms with E-state index in [0.717, 1.165) is 27.8 Å². The number of aryl methyl sites for hydroxylation is 1. The molecule has 0 radical (unpaired) electrons. The van der Waals surface area contributed by atoms with Crippen molar-refractivity contribution < 1.29 is 4.79 Å². The molecule has 0 atom stereocenters. The summed E-state index contributed by atoms with van der Waals surface area (Å²) in [6.07, 6.45) is 0. The first-order valence-corrected chi connectivity index (χ1v) is 8.90. The normalized spacial score (nSPS) is 10.8. The number of aromatic nitrogens is 1. The molecule has 0 unspecified atom stereocenters. The monoisotopic (exact) mass is 344 g/mol. The van der Waals surface area contributed by atoms with E-state index in [-0.39, 0.29) is 5.91 Å². The second-order valence-corrected chi connectivity index (χ2v) is 6.85. The Hall–Kier alpha value is -2.98. The van der Waals surface area contributed by atoms with Crippen molar-refractivity contribution in [1.29, 1.82) is 0 Å². The van der Waals surface area contributed by atoms with Crippen molar-refractivity contribution in [3.8, 4) is 11.3 Å². The predicted octanol–water partition coefficient (Wildman–Crippen LogP) is 5.52. The highest BCUT2D eigenvalue weighted by molar-refractivity contribution is 7.12. The van der Waals surface area contributed by atoms with Crippen molar-refractivity contribution in [1.82, 2.24) is 4.98 Å². The van der Waals surface area contributed by atoms with Crippen LogP contribution in [-0.4, -0.2) is 10.9 Å². The number of thiophene rings is 1. The number of nitrogens with one attached hydrogen (secondary N) is 1. The lowest BCUT2D eigenvalue weighted by molar-refractivity contribution is 0.103. The lowest BCUT2D eigenvalue weighted by Crippen LogP contribution is -2.09. The summed E-state index contributed by atoms with van der Waals surface area (Å²) < 4.78 is 0. The molecule has 4 aromatic rings. The van der Waals surface area contributed by atoms with Crippen LogP contribution in [0.1, 0.15) is 15.2 Å².